The van der Waals surface area contributed by atoms with E-state index in [4.69, 9.17) is 0 Å². The summed E-state index contributed by atoms with van der Waals surface area (Å²) in [5, 5.41) is 9.40. The molecule has 0 aliphatic heterocycles. The van der Waals surface area contributed by atoms with Gasteiger partial charge in [-0.05, 0) is 97.4 Å². The fraction of sp³-hybridized carbons (Fsp3) is 0.909. The topological polar surface area (TPSA) is 20.2 Å². The van der Waals surface area contributed by atoms with E-state index in [1.807, 2.05) is 0 Å². The van der Waals surface area contributed by atoms with Gasteiger partial charge in [0.2, 0.25) is 0 Å². The van der Waals surface area contributed by atoms with E-state index in [0.29, 0.717) is 16.7 Å². The Labute approximate surface area is 142 Å². The van der Waals surface area contributed by atoms with E-state index in [0.717, 1.165) is 29.6 Å². The summed E-state index contributed by atoms with van der Waals surface area (Å²) in [5.74, 6) is 5.21. The third-order valence-corrected chi connectivity index (χ3v) is 9.31. The molecular weight excluding hydrogens is 280 g/mol. The van der Waals surface area contributed by atoms with E-state index in [1.165, 1.54) is 64.0 Å². The summed E-state index contributed by atoms with van der Waals surface area (Å²) in [5.41, 5.74) is 1.09. The zero-order chi connectivity index (χ0) is 16.2. The minimum absolute atomic E-state index is 0.442. The first-order valence-corrected chi connectivity index (χ1v) is 10.3. The predicted octanol–water partition coefficient (Wildman–Crippen LogP) is 6.35. The van der Waals surface area contributed by atoms with E-state index in [-0.39, 0.29) is 0 Å². The fourth-order valence-corrected chi connectivity index (χ4v) is 8.20. The molecule has 4 aliphatic carbocycles. The number of aliphatic hydroxyl groups is 1. The average Bonchev–Trinajstić information content (AvgIpc) is 2.79. The lowest BCUT2D eigenvalue weighted by Crippen LogP contribution is -2.52. The predicted molar refractivity (Wildman–Crippen MR) is 96.1 cm³/mol. The Morgan fingerprint density at radius 1 is 0.913 bits per heavy atom. The molecule has 1 heteroatoms. The zero-order valence-corrected chi connectivity index (χ0v) is 15.4. The Hall–Kier alpha value is -0.460. The van der Waals surface area contributed by atoms with Gasteiger partial charge in [-0.2, -0.15) is 0 Å². The van der Waals surface area contributed by atoms with Crippen LogP contribution in [0.3, 0.4) is 0 Å². The number of aliphatic hydroxyl groups excluding tert-OH is 1. The summed E-state index contributed by atoms with van der Waals surface area (Å²) in [7, 11) is 0. The number of fused-ring (bicyclic) bond motifs is 5. The van der Waals surface area contributed by atoms with Gasteiger partial charge in [0.05, 0.1) is 6.26 Å². The summed E-state index contributed by atoms with van der Waals surface area (Å²) < 4.78 is 0. The first-order chi connectivity index (χ1) is 11.0. The summed E-state index contributed by atoms with van der Waals surface area (Å²) in [6.45, 7) is 7.65. The maximum absolute atomic E-state index is 9.40. The standard InChI is InChI=1S/C22H36O/c1-15-14-20-17-8-7-16-6-4-5-11-21(16,2)19(17)9-12-22(20,3)18(15)10-13-23/h10,13,15-20,23H,4-9,11-12,14H2,1-3H3/t15-,16?,17-,18+,19+,20+,21+,22-/m1/s1. The molecule has 0 aromatic rings. The Morgan fingerprint density at radius 3 is 2.52 bits per heavy atom. The van der Waals surface area contributed by atoms with Gasteiger partial charge in [0.1, 0.15) is 0 Å². The van der Waals surface area contributed by atoms with Crippen molar-refractivity contribution in [3.05, 3.63) is 12.3 Å². The summed E-state index contributed by atoms with van der Waals surface area (Å²) in [4.78, 5) is 0. The number of rotatable bonds is 1. The molecular formula is C22H36O. The first-order valence-electron chi connectivity index (χ1n) is 10.3. The van der Waals surface area contributed by atoms with Crippen LogP contribution in [0.5, 0.6) is 0 Å². The summed E-state index contributed by atoms with van der Waals surface area (Å²) in [6, 6.07) is 0. The second-order valence-electron chi connectivity index (χ2n) is 10.0. The van der Waals surface area contributed by atoms with E-state index >= 15 is 0 Å². The third-order valence-electron chi connectivity index (χ3n) is 9.31. The molecule has 0 heterocycles. The van der Waals surface area contributed by atoms with Gasteiger partial charge in [0, 0.05) is 0 Å². The van der Waals surface area contributed by atoms with Gasteiger partial charge < -0.3 is 5.11 Å². The molecule has 1 N–H and O–H groups in total. The zero-order valence-electron chi connectivity index (χ0n) is 15.4. The van der Waals surface area contributed by atoms with Crippen LogP contribution in [0.4, 0.5) is 0 Å². The lowest BCUT2D eigenvalue weighted by molar-refractivity contribution is -0.107. The van der Waals surface area contributed by atoms with Crippen LogP contribution < -0.4 is 0 Å². The average molecular weight is 317 g/mol. The highest BCUT2D eigenvalue weighted by Crippen LogP contribution is 2.68. The lowest BCUT2D eigenvalue weighted by Gasteiger charge is -2.60. The number of hydrogen-bond donors (Lipinski definition) is 1. The van der Waals surface area contributed by atoms with Crippen LogP contribution in [-0.2, 0) is 0 Å². The van der Waals surface area contributed by atoms with E-state index in [2.05, 4.69) is 26.8 Å². The molecule has 4 aliphatic rings. The number of hydrogen-bond acceptors (Lipinski definition) is 1. The van der Waals surface area contributed by atoms with Crippen LogP contribution in [0.1, 0.15) is 78.6 Å². The molecule has 0 radical (unpaired) electrons. The van der Waals surface area contributed by atoms with Crippen molar-refractivity contribution in [1.82, 2.24) is 0 Å². The molecule has 0 aromatic carbocycles. The van der Waals surface area contributed by atoms with Crippen LogP contribution in [0.2, 0.25) is 0 Å². The van der Waals surface area contributed by atoms with Crippen molar-refractivity contribution in [3.63, 3.8) is 0 Å². The molecule has 0 amide bonds. The molecule has 8 atom stereocenters. The van der Waals surface area contributed by atoms with Crippen LogP contribution in [-0.4, -0.2) is 5.11 Å². The molecule has 130 valence electrons. The van der Waals surface area contributed by atoms with Crippen molar-refractivity contribution in [2.24, 2.45) is 46.3 Å². The maximum atomic E-state index is 9.40. The van der Waals surface area contributed by atoms with Crippen molar-refractivity contribution >= 4 is 0 Å². The van der Waals surface area contributed by atoms with Crippen LogP contribution in [0.15, 0.2) is 12.3 Å². The second-order valence-corrected chi connectivity index (χ2v) is 10.0. The molecule has 1 nitrogen and oxygen atoms in total. The Kier molecular flexibility index (Phi) is 3.85. The Morgan fingerprint density at radius 2 is 1.74 bits per heavy atom. The minimum atomic E-state index is 0.442. The van der Waals surface area contributed by atoms with Gasteiger partial charge >= 0.3 is 0 Å². The minimum Gasteiger partial charge on any atom is -0.516 e. The molecule has 4 fully saturated rings. The molecule has 0 bridgehead atoms. The van der Waals surface area contributed by atoms with Gasteiger partial charge in [0.25, 0.3) is 0 Å². The SMILES string of the molecule is C[C@@H]1C[C@H]2[C@@H]3CCC4CCCC[C@]4(C)[C@H]3CC[C@]2(C)[C@H]1C=CO. The van der Waals surface area contributed by atoms with Crippen molar-refractivity contribution < 1.29 is 5.11 Å². The Bertz CT molecular complexity index is 482. The van der Waals surface area contributed by atoms with E-state index < -0.39 is 0 Å². The summed E-state index contributed by atoms with van der Waals surface area (Å²) in [6.07, 6.45) is 16.7. The monoisotopic (exact) mass is 316 g/mol. The molecule has 0 saturated heterocycles. The quantitative estimate of drug-likeness (QED) is 0.558. The highest BCUT2D eigenvalue weighted by Gasteiger charge is 2.60. The molecule has 23 heavy (non-hydrogen) atoms. The van der Waals surface area contributed by atoms with Crippen LogP contribution >= 0.6 is 0 Å². The second kappa shape index (κ2) is 5.53. The van der Waals surface area contributed by atoms with Crippen molar-refractivity contribution in [2.45, 2.75) is 78.6 Å². The van der Waals surface area contributed by atoms with E-state index in [1.54, 1.807) is 0 Å². The van der Waals surface area contributed by atoms with Gasteiger partial charge in [0.15, 0.2) is 0 Å². The third kappa shape index (κ3) is 2.17. The fourth-order valence-electron chi connectivity index (χ4n) is 8.20. The molecule has 1 unspecified atom stereocenters. The van der Waals surface area contributed by atoms with Crippen molar-refractivity contribution in [3.8, 4) is 0 Å². The van der Waals surface area contributed by atoms with Crippen LogP contribution in [0, 0.1) is 46.3 Å². The van der Waals surface area contributed by atoms with Gasteiger partial charge in [-0.15, -0.1) is 0 Å². The Balaban J connectivity index is 1.64. The highest BCUT2D eigenvalue weighted by atomic mass is 16.2. The maximum Gasteiger partial charge on any atom is 0.0754 e. The first kappa shape index (κ1) is 16.0. The normalized spacial score (nSPS) is 56.1. The molecule has 0 spiro atoms. The van der Waals surface area contributed by atoms with Gasteiger partial charge in [-0.1, -0.05) is 33.6 Å². The van der Waals surface area contributed by atoms with Crippen molar-refractivity contribution in [1.29, 1.82) is 0 Å². The van der Waals surface area contributed by atoms with Crippen molar-refractivity contribution in [2.75, 3.05) is 0 Å². The smallest absolute Gasteiger partial charge is 0.0754 e. The number of allylic oxidation sites excluding steroid dienone is 1. The highest BCUT2D eigenvalue weighted by molar-refractivity contribution is 5.13. The lowest BCUT2D eigenvalue weighted by atomic mass is 9.45. The molecule has 4 rings (SSSR count). The van der Waals surface area contributed by atoms with Gasteiger partial charge in [-0.25, -0.2) is 0 Å². The molecule has 0 aromatic heterocycles. The summed E-state index contributed by atoms with van der Waals surface area (Å²) >= 11 is 0. The van der Waals surface area contributed by atoms with Gasteiger partial charge in [-0.3, -0.25) is 0 Å². The largest absolute Gasteiger partial charge is 0.516 e. The van der Waals surface area contributed by atoms with Crippen LogP contribution in [0.25, 0.3) is 0 Å². The van der Waals surface area contributed by atoms with E-state index in [9.17, 15) is 5.11 Å². The molecule has 4 saturated carbocycles.